The minimum Gasteiger partial charge on any atom is -0.336 e. The van der Waals surface area contributed by atoms with Crippen molar-refractivity contribution >= 4 is 39.1 Å². The summed E-state index contributed by atoms with van der Waals surface area (Å²) in [6.07, 6.45) is 3.13. The van der Waals surface area contributed by atoms with E-state index in [9.17, 15) is 13.2 Å². The second kappa shape index (κ2) is 6.95. The van der Waals surface area contributed by atoms with Crippen LogP contribution in [0.1, 0.15) is 10.4 Å². The summed E-state index contributed by atoms with van der Waals surface area (Å²) in [6.45, 7) is 0.977. The Labute approximate surface area is 155 Å². The molecule has 2 heterocycles. The lowest BCUT2D eigenvalue weighted by Crippen LogP contribution is -2.50. The van der Waals surface area contributed by atoms with Crippen LogP contribution in [0.5, 0.6) is 0 Å². The molecule has 0 unspecified atom stereocenters. The number of hydrogen-bond acceptors (Lipinski definition) is 4. The average molecular weight is 403 g/mol. The van der Waals surface area contributed by atoms with Crippen LogP contribution in [-0.2, 0) is 17.1 Å². The molecule has 0 spiro atoms. The summed E-state index contributed by atoms with van der Waals surface area (Å²) >= 11 is 12.0. The van der Waals surface area contributed by atoms with Crippen LogP contribution in [-0.4, -0.2) is 59.5 Å². The van der Waals surface area contributed by atoms with Gasteiger partial charge in [-0.3, -0.25) is 9.48 Å². The quantitative estimate of drug-likeness (QED) is 0.784. The first-order chi connectivity index (χ1) is 11.8. The van der Waals surface area contributed by atoms with Gasteiger partial charge in [-0.25, -0.2) is 8.42 Å². The van der Waals surface area contributed by atoms with E-state index in [0.29, 0.717) is 18.7 Å². The molecule has 0 radical (unpaired) electrons. The number of rotatable bonds is 3. The summed E-state index contributed by atoms with van der Waals surface area (Å²) in [4.78, 5) is 14.0. The second-order valence-corrected chi connectivity index (χ2v) is 8.34. The van der Waals surface area contributed by atoms with Gasteiger partial charge in [0.25, 0.3) is 5.91 Å². The summed E-state index contributed by atoms with van der Waals surface area (Å²) in [7, 11) is -2.03. The number of nitrogens with zero attached hydrogens (tertiary/aromatic N) is 4. The van der Waals surface area contributed by atoms with Gasteiger partial charge in [0, 0.05) is 39.4 Å². The smallest absolute Gasteiger partial charge is 0.257 e. The van der Waals surface area contributed by atoms with E-state index in [-0.39, 0.29) is 33.9 Å². The molecule has 1 saturated heterocycles. The van der Waals surface area contributed by atoms with Gasteiger partial charge in [0.05, 0.1) is 21.8 Å². The van der Waals surface area contributed by atoms with Crippen LogP contribution in [0, 0.1) is 0 Å². The van der Waals surface area contributed by atoms with Crippen molar-refractivity contribution in [2.75, 3.05) is 26.2 Å². The zero-order valence-electron chi connectivity index (χ0n) is 13.4. The van der Waals surface area contributed by atoms with Crippen LogP contribution in [0.15, 0.2) is 35.5 Å². The van der Waals surface area contributed by atoms with E-state index >= 15 is 0 Å². The zero-order chi connectivity index (χ0) is 18.2. The molecule has 1 amide bonds. The second-order valence-electron chi connectivity index (χ2n) is 5.65. The van der Waals surface area contributed by atoms with Crippen molar-refractivity contribution in [1.82, 2.24) is 19.0 Å². The molecule has 1 aliphatic rings. The number of hydrogen-bond donors (Lipinski definition) is 0. The molecule has 0 bridgehead atoms. The van der Waals surface area contributed by atoms with Gasteiger partial charge >= 0.3 is 0 Å². The molecule has 2 aromatic rings. The summed E-state index contributed by atoms with van der Waals surface area (Å²) in [5.74, 6) is -0.161. The molecule has 0 aliphatic carbocycles. The van der Waals surface area contributed by atoms with Crippen molar-refractivity contribution < 1.29 is 13.2 Å². The number of carbonyl (C=O) groups excluding carboxylic acids is 1. The summed E-state index contributed by atoms with van der Waals surface area (Å²) in [5.41, 5.74) is 0.483. The van der Waals surface area contributed by atoms with Gasteiger partial charge in [-0.05, 0) is 12.1 Å². The molecule has 3 rings (SSSR count). The minimum absolute atomic E-state index is 0.0121. The fourth-order valence-electron chi connectivity index (χ4n) is 2.67. The van der Waals surface area contributed by atoms with Crippen molar-refractivity contribution in [1.29, 1.82) is 0 Å². The lowest BCUT2D eigenvalue weighted by atomic mass is 10.2. The Morgan fingerprint density at radius 3 is 2.44 bits per heavy atom. The third kappa shape index (κ3) is 3.52. The van der Waals surface area contributed by atoms with E-state index in [0.717, 1.165) is 0 Å². The molecule has 7 nitrogen and oxygen atoms in total. The van der Waals surface area contributed by atoms with E-state index in [1.807, 2.05) is 0 Å². The number of amides is 1. The summed E-state index contributed by atoms with van der Waals surface area (Å²) < 4.78 is 28.4. The number of aryl methyl sites for hydroxylation is 1. The first kappa shape index (κ1) is 18.2. The van der Waals surface area contributed by atoms with Crippen molar-refractivity contribution in [3.63, 3.8) is 0 Å². The Balaban J connectivity index is 1.73. The van der Waals surface area contributed by atoms with Crippen LogP contribution in [0.3, 0.4) is 0 Å². The average Bonchev–Trinajstić information content (AvgIpc) is 3.03. The Hall–Kier alpha value is -1.61. The molecule has 0 N–H and O–H groups in total. The Kier molecular flexibility index (Phi) is 5.06. The van der Waals surface area contributed by atoms with Gasteiger partial charge in [0.2, 0.25) is 10.0 Å². The van der Waals surface area contributed by atoms with E-state index in [1.165, 1.54) is 22.6 Å². The van der Waals surface area contributed by atoms with E-state index < -0.39 is 10.0 Å². The zero-order valence-corrected chi connectivity index (χ0v) is 15.7. The van der Waals surface area contributed by atoms with E-state index in [1.54, 1.807) is 28.9 Å². The molecule has 0 atom stereocenters. The predicted octanol–water partition coefficient (Wildman–Crippen LogP) is 1.87. The number of sulfonamides is 1. The van der Waals surface area contributed by atoms with Crippen LogP contribution in [0.2, 0.25) is 10.0 Å². The SMILES string of the molecule is Cn1cc(C(=O)N2CCN(S(=O)(=O)c3cccc(Cl)c3Cl)CC2)cn1. The van der Waals surface area contributed by atoms with E-state index in [4.69, 9.17) is 23.2 Å². The van der Waals surface area contributed by atoms with Crippen molar-refractivity contribution in [3.8, 4) is 0 Å². The van der Waals surface area contributed by atoms with Crippen molar-refractivity contribution in [2.45, 2.75) is 4.90 Å². The van der Waals surface area contributed by atoms with Gasteiger partial charge in [0.1, 0.15) is 4.90 Å². The number of piperazine rings is 1. The van der Waals surface area contributed by atoms with Crippen LogP contribution in [0.4, 0.5) is 0 Å². The molecule has 1 aromatic heterocycles. The van der Waals surface area contributed by atoms with Gasteiger partial charge in [0.15, 0.2) is 0 Å². The van der Waals surface area contributed by atoms with Crippen molar-refractivity contribution in [2.24, 2.45) is 7.05 Å². The maximum atomic E-state index is 12.8. The van der Waals surface area contributed by atoms with Crippen LogP contribution in [0.25, 0.3) is 0 Å². The van der Waals surface area contributed by atoms with Crippen molar-refractivity contribution in [3.05, 3.63) is 46.2 Å². The third-order valence-electron chi connectivity index (χ3n) is 4.01. The highest BCUT2D eigenvalue weighted by molar-refractivity contribution is 7.89. The standard InChI is InChI=1S/C15H16Cl2N4O3S/c1-19-10-11(9-18-19)15(22)20-5-7-21(8-6-20)25(23,24)13-4-2-3-12(16)14(13)17/h2-4,9-10H,5-8H2,1H3. The Morgan fingerprint density at radius 1 is 1.16 bits per heavy atom. The maximum Gasteiger partial charge on any atom is 0.257 e. The Bertz CT molecular complexity index is 905. The fourth-order valence-corrected chi connectivity index (χ4v) is 4.83. The first-order valence-corrected chi connectivity index (χ1v) is 9.72. The number of aromatic nitrogens is 2. The minimum atomic E-state index is -3.76. The largest absolute Gasteiger partial charge is 0.336 e. The lowest BCUT2D eigenvalue weighted by Gasteiger charge is -2.34. The molecule has 10 heteroatoms. The predicted molar refractivity (Wildman–Crippen MR) is 94.3 cm³/mol. The lowest BCUT2D eigenvalue weighted by molar-refractivity contribution is 0.0698. The fraction of sp³-hybridized carbons (Fsp3) is 0.333. The normalized spacial score (nSPS) is 16.2. The molecule has 134 valence electrons. The monoisotopic (exact) mass is 402 g/mol. The topological polar surface area (TPSA) is 75.5 Å². The Morgan fingerprint density at radius 2 is 1.84 bits per heavy atom. The molecule has 25 heavy (non-hydrogen) atoms. The van der Waals surface area contributed by atoms with E-state index in [2.05, 4.69) is 5.10 Å². The highest BCUT2D eigenvalue weighted by Crippen LogP contribution is 2.31. The van der Waals surface area contributed by atoms with Crippen LogP contribution < -0.4 is 0 Å². The molecule has 0 saturated carbocycles. The number of carbonyl (C=O) groups is 1. The highest BCUT2D eigenvalue weighted by Gasteiger charge is 2.32. The van der Waals surface area contributed by atoms with Gasteiger partial charge in [-0.1, -0.05) is 29.3 Å². The van der Waals surface area contributed by atoms with Gasteiger partial charge < -0.3 is 4.90 Å². The summed E-state index contributed by atoms with van der Waals surface area (Å²) in [6, 6.07) is 4.51. The van der Waals surface area contributed by atoms with Crippen LogP contribution >= 0.6 is 23.2 Å². The van der Waals surface area contributed by atoms with Gasteiger partial charge in [-0.2, -0.15) is 9.40 Å². The molecule has 1 aromatic carbocycles. The maximum absolute atomic E-state index is 12.8. The summed E-state index contributed by atoms with van der Waals surface area (Å²) in [5, 5.41) is 4.18. The van der Waals surface area contributed by atoms with Gasteiger partial charge in [-0.15, -0.1) is 0 Å². The molecular formula is C15H16Cl2N4O3S. The number of benzene rings is 1. The molecular weight excluding hydrogens is 387 g/mol. The molecule has 1 fully saturated rings. The first-order valence-electron chi connectivity index (χ1n) is 7.53. The third-order valence-corrected chi connectivity index (χ3v) is 6.88. The molecule has 1 aliphatic heterocycles. The highest BCUT2D eigenvalue weighted by atomic mass is 35.5. The number of halogens is 2.